The summed E-state index contributed by atoms with van der Waals surface area (Å²) in [5.74, 6) is 2.15. The van der Waals surface area contributed by atoms with Crippen LogP contribution in [0.4, 0.5) is 5.82 Å². The van der Waals surface area contributed by atoms with Gasteiger partial charge in [0.15, 0.2) is 0 Å². The van der Waals surface area contributed by atoms with E-state index in [2.05, 4.69) is 15.3 Å². The molecule has 14 heavy (non-hydrogen) atoms. The molecule has 2 atom stereocenters. The molecule has 0 amide bonds. The quantitative estimate of drug-likeness (QED) is 0.747. The minimum Gasteiger partial charge on any atom is -0.381 e. The number of aromatic nitrogens is 2. The summed E-state index contributed by atoms with van der Waals surface area (Å²) in [6.07, 6.45) is 1.66. The summed E-state index contributed by atoms with van der Waals surface area (Å²) in [6, 6.07) is 2.36. The van der Waals surface area contributed by atoms with Crippen LogP contribution in [0.2, 0.25) is 5.28 Å². The van der Waals surface area contributed by atoms with Gasteiger partial charge in [0.25, 0.3) is 0 Å². The van der Waals surface area contributed by atoms with E-state index in [1.165, 1.54) is 0 Å². The molecule has 1 aliphatic heterocycles. The van der Waals surface area contributed by atoms with Gasteiger partial charge in [0.1, 0.15) is 5.82 Å². The summed E-state index contributed by atoms with van der Waals surface area (Å²) in [4.78, 5) is 7.91. The van der Waals surface area contributed by atoms with E-state index >= 15 is 0 Å². The van der Waals surface area contributed by atoms with Crippen LogP contribution < -0.4 is 5.32 Å². The predicted molar refractivity (Wildman–Crippen MR) is 52.3 cm³/mol. The van der Waals surface area contributed by atoms with Crippen molar-refractivity contribution in [2.45, 2.75) is 6.04 Å². The highest BCUT2D eigenvalue weighted by Crippen LogP contribution is 2.45. The molecule has 2 heterocycles. The van der Waals surface area contributed by atoms with Crippen molar-refractivity contribution in [2.75, 3.05) is 18.5 Å². The molecule has 0 radical (unpaired) electrons. The van der Waals surface area contributed by atoms with Gasteiger partial charge in [-0.3, -0.25) is 0 Å². The number of anilines is 1. The molecule has 1 saturated heterocycles. The minimum atomic E-state index is 0.289. The number of nitrogens with zero attached hydrogens (tertiary/aromatic N) is 2. The molecule has 0 bridgehead atoms. The molecule has 1 saturated carbocycles. The molecular weight excluding hydrogens is 202 g/mol. The van der Waals surface area contributed by atoms with Crippen molar-refractivity contribution in [1.82, 2.24) is 9.97 Å². The number of nitrogens with one attached hydrogen (secondary N) is 1. The van der Waals surface area contributed by atoms with Gasteiger partial charge in [-0.1, -0.05) is 0 Å². The van der Waals surface area contributed by atoms with Crippen molar-refractivity contribution >= 4 is 17.4 Å². The van der Waals surface area contributed by atoms with Crippen LogP contribution in [-0.4, -0.2) is 29.2 Å². The fraction of sp³-hybridized carbons (Fsp3) is 0.556. The molecule has 5 heteroatoms. The van der Waals surface area contributed by atoms with Crippen LogP contribution in [0.5, 0.6) is 0 Å². The van der Waals surface area contributed by atoms with Crippen molar-refractivity contribution in [3.05, 3.63) is 17.5 Å². The second-order valence-electron chi connectivity index (χ2n) is 3.75. The lowest BCUT2D eigenvalue weighted by Crippen LogP contribution is -2.13. The van der Waals surface area contributed by atoms with Gasteiger partial charge in [-0.2, -0.15) is 0 Å². The molecule has 0 spiro atoms. The van der Waals surface area contributed by atoms with Crippen LogP contribution in [0.15, 0.2) is 12.3 Å². The molecule has 1 aromatic rings. The lowest BCUT2D eigenvalue weighted by atomic mass is 10.4. The molecule has 3 rings (SSSR count). The van der Waals surface area contributed by atoms with Gasteiger partial charge >= 0.3 is 0 Å². The van der Waals surface area contributed by atoms with Gasteiger partial charge in [-0.15, -0.1) is 0 Å². The maximum absolute atomic E-state index is 5.68. The van der Waals surface area contributed by atoms with E-state index in [0.29, 0.717) is 17.9 Å². The van der Waals surface area contributed by atoms with E-state index in [-0.39, 0.29) is 5.28 Å². The van der Waals surface area contributed by atoms with Gasteiger partial charge in [-0.25, -0.2) is 9.97 Å². The van der Waals surface area contributed by atoms with Gasteiger partial charge in [0.05, 0.1) is 13.2 Å². The normalized spacial score (nSPS) is 33.9. The second-order valence-corrected chi connectivity index (χ2v) is 4.08. The van der Waals surface area contributed by atoms with Crippen LogP contribution in [-0.2, 0) is 4.74 Å². The Morgan fingerprint density at radius 2 is 2.21 bits per heavy atom. The lowest BCUT2D eigenvalue weighted by molar-refractivity contribution is 0.162. The van der Waals surface area contributed by atoms with E-state index in [0.717, 1.165) is 19.0 Å². The van der Waals surface area contributed by atoms with Crippen LogP contribution in [0.1, 0.15) is 0 Å². The number of fused-ring (bicyclic) bond motifs is 1. The Morgan fingerprint density at radius 3 is 2.93 bits per heavy atom. The largest absolute Gasteiger partial charge is 0.381 e. The molecule has 2 fully saturated rings. The van der Waals surface area contributed by atoms with Gasteiger partial charge < -0.3 is 10.1 Å². The zero-order valence-corrected chi connectivity index (χ0v) is 8.24. The highest BCUT2D eigenvalue weighted by molar-refractivity contribution is 6.28. The number of ether oxygens (including phenoxy) is 1. The molecule has 2 aliphatic rings. The Bertz CT molecular complexity index is 350. The average Bonchev–Trinajstić information content (AvgIpc) is 2.62. The summed E-state index contributed by atoms with van der Waals surface area (Å²) in [5, 5.41) is 3.63. The van der Waals surface area contributed by atoms with Gasteiger partial charge in [-0.05, 0) is 17.7 Å². The maximum Gasteiger partial charge on any atom is 0.224 e. The first kappa shape index (κ1) is 8.44. The predicted octanol–water partition coefficient (Wildman–Crippen LogP) is 1.19. The maximum atomic E-state index is 5.68. The summed E-state index contributed by atoms with van der Waals surface area (Å²) in [7, 11) is 0. The van der Waals surface area contributed by atoms with Crippen LogP contribution in [0.25, 0.3) is 0 Å². The highest BCUT2D eigenvalue weighted by atomic mass is 35.5. The number of rotatable bonds is 2. The third-order valence-corrected chi connectivity index (χ3v) is 3.08. The van der Waals surface area contributed by atoms with Gasteiger partial charge in [0.2, 0.25) is 5.28 Å². The lowest BCUT2D eigenvalue weighted by Gasteiger charge is -2.07. The monoisotopic (exact) mass is 211 g/mol. The Labute approximate surface area is 86.7 Å². The summed E-state index contributed by atoms with van der Waals surface area (Å²) < 4.78 is 5.30. The summed E-state index contributed by atoms with van der Waals surface area (Å²) >= 11 is 5.68. The standard InChI is InChI=1S/C9H10ClN3O/c10-9-11-2-1-7(13-9)12-8-5-3-14-4-6(5)8/h1-2,5-6,8H,3-4H2,(H,11,12,13)/t5-,6-/m0/s1. The topological polar surface area (TPSA) is 47.0 Å². The Balaban J connectivity index is 1.68. The van der Waals surface area contributed by atoms with Crippen LogP contribution in [0.3, 0.4) is 0 Å². The molecule has 4 nitrogen and oxygen atoms in total. The Kier molecular flexibility index (Phi) is 1.85. The fourth-order valence-electron chi connectivity index (χ4n) is 2.04. The van der Waals surface area contributed by atoms with Crippen molar-refractivity contribution in [1.29, 1.82) is 0 Å². The molecule has 1 aliphatic carbocycles. The third kappa shape index (κ3) is 1.35. The van der Waals surface area contributed by atoms with Crippen molar-refractivity contribution in [2.24, 2.45) is 11.8 Å². The van der Waals surface area contributed by atoms with E-state index in [1.807, 2.05) is 6.07 Å². The number of halogens is 1. The average molecular weight is 212 g/mol. The first-order valence-corrected chi connectivity index (χ1v) is 5.05. The van der Waals surface area contributed by atoms with E-state index in [1.54, 1.807) is 6.20 Å². The molecule has 1 aromatic heterocycles. The van der Waals surface area contributed by atoms with Crippen LogP contribution in [0, 0.1) is 11.8 Å². The number of hydrogen-bond acceptors (Lipinski definition) is 4. The van der Waals surface area contributed by atoms with Crippen LogP contribution >= 0.6 is 11.6 Å². The van der Waals surface area contributed by atoms with Gasteiger partial charge in [0, 0.05) is 24.1 Å². The molecule has 0 aromatic carbocycles. The Morgan fingerprint density at radius 1 is 1.43 bits per heavy atom. The van der Waals surface area contributed by atoms with E-state index in [4.69, 9.17) is 16.3 Å². The van der Waals surface area contributed by atoms with E-state index in [9.17, 15) is 0 Å². The first-order valence-electron chi connectivity index (χ1n) is 4.67. The summed E-state index contributed by atoms with van der Waals surface area (Å²) in [5.41, 5.74) is 0. The second kappa shape index (κ2) is 3.07. The third-order valence-electron chi connectivity index (χ3n) is 2.89. The van der Waals surface area contributed by atoms with Crippen molar-refractivity contribution < 1.29 is 4.74 Å². The van der Waals surface area contributed by atoms with E-state index < -0.39 is 0 Å². The fourth-order valence-corrected chi connectivity index (χ4v) is 2.19. The van der Waals surface area contributed by atoms with Crippen molar-refractivity contribution in [3.63, 3.8) is 0 Å². The first-order chi connectivity index (χ1) is 6.84. The minimum absolute atomic E-state index is 0.289. The molecule has 1 N–H and O–H groups in total. The molecule has 0 unspecified atom stereocenters. The Hall–Kier alpha value is -0.870. The SMILES string of the molecule is Clc1nccc(NC2[C@H]3COC[C@H]23)n1. The zero-order valence-electron chi connectivity index (χ0n) is 7.48. The van der Waals surface area contributed by atoms with Crippen molar-refractivity contribution in [3.8, 4) is 0 Å². The highest BCUT2D eigenvalue weighted by Gasteiger charge is 2.54. The smallest absolute Gasteiger partial charge is 0.224 e. The molecular formula is C9H10ClN3O. The summed E-state index contributed by atoms with van der Waals surface area (Å²) in [6.45, 7) is 1.75. The molecule has 74 valence electrons. The number of hydrogen-bond donors (Lipinski definition) is 1. The zero-order chi connectivity index (χ0) is 9.54.